The second kappa shape index (κ2) is 4.82. The first kappa shape index (κ1) is 14.3. The van der Waals surface area contributed by atoms with Crippen LogP contribution in [0.5, 0.6) is 0 Å². The lowest BCUT2D eigenvalue weighted by Gasteiger charge is -2.46. The zero-order valence-electron chi connectivity index (χ0n) is 12.9. The minimum absolute atomic E-state index is 0.175. The average Bonchev–Trinajstić information content (AvgIpc) is 2.88. The molecule has 4 aliphatic rings. The van der Waals surface area contributed by atoms with Gasteiger partial charge in [0.2, 0.25) is 12.2 Å². The third-order valence-corrected chi connectivity index (χ3v) is 5.61. The van der Waals surface area contributed by atoms with Gasteiger partial charge in [0.1, 0.15) is 0 Å². The molecule has 0 radical (unpaired) electrons. The highest BCUT2D eigenvalue weighted by molar-refractivity contribution is 5.82. The Morgan fingerprint density at radius 2 is 2.18 bits per heavy atom. The van der Waals surface area contributed by atoms with Crippen molar-refractivity contribution in [2.45, 2.75) is 69.1 Å². The topological polar surface area (TPSA) is 64.8 Å². The van der Waals surface area contributed by atoms with Crippen molar-refractivity contribution in [1.29, 1.82) is 0 Å². The van der Waals surface area contributed by atoms with Gasteiger partial charge >= 0.3 is 0 Å². The van der Waals surface area contributed by atoms with Gasteiger partial charge < -0.3 is 20.1 Å². The molecular weight excluding hydrogens is 280 g/mol. The van der Waals surface area contributed by atoms with Gasteiger partial charge in [-0.15, -0.1) is 0 Å². The summed E-state index contributed by atoms with van der Waals surface area (Å²) in [6.07, 6.45) is 6.71. The molecule has 118 valence electrons. The SMILES string of the molecule is CC1OC(C#CC2=CCC3(N)CCCCN4C(=O)CCC243)O1. The largest absolute Gasteiger partial charge is 0.330 e. The Labute approximate surface area is 130 Å². The maximum atomic E-state index is 12.4. The number of rotatable bonds is 0. The molecule has 3 saturated heterocycles. The molecule has 0 saturated carbocycles. The number of nitrogens with zero attached hydrogens (tertiary/aromatic N) is 1. The molecule has 1 spiro atoms. The van der Waals surface area contributed by atoms with Crippen molar-refractivity contribution < 1.29 is 14.3 Å². The molecule has 5 nitrogen and oxygen atoms in total. The molecule has 0 aromatic carbocycles. The molecule has 5 heteroatoms. The Morgan fingerprint density at radius 3 is 2.95 bits per heavy atom. The highest BCUT2D eigenvalue weighted by atomic mass is 16.9. The fraction of sp³-hybridized carbons (Fsp3) is 0.706. The van der Waals surface area contributed by atoms with E-state index in [1.165, 1.54) is 0 Å². The molecule has 4 rings (SSSR count). The van der Waals surface area contributed by atoms with Gasteiger partial charge in [0.25, 0.3) is 0 Å². The number of carbonyl (C=O) groups is 1. The second-order valence-corrected chi connectivity index (χ2v) is 6.78. The van der Waals surface area contributed by atoms with Gasteiger partial charge in [-0.2, -0.15) is 0 Å². The van der Waals surface area contributed by atoms with E-state index < -0.39 is 11.8 Å². The van der Waals surface area contributed by atoms with Crippen molar-refractivity contribution in [2.75, 3.05) is 6.54 Å². The minimum Gasteiger partial charge on any atom is -0.330 e. The first-order valence-corrected chi connectivity index (χ1v) is 8.18. The highest BCUT2D eigenvalue weighted by Gasteiger charge is 2.61. The molecule has 1 aliphatic carbocycles. The fourth-order valence-corrected chi connectivity index (χ4v) is 4.51. The number of ether oxygens (including phenoxy) is 2. The predicted octanol–water partition coefficient (Wildman–Crippen LogP) is 1.28. The number of hydrogen-bond donors (Lipinski definition) is 1. The molecular formula is C17H22N2O3. The summed E-state index contributed by atoms with van der Waals surface area (Å²) in [5, 5.41) is 0. The van der Waals surface area contributed by atoms with E-state index in [9.17, 15) is 4.79 Å². The first-order valence-electron chi connectivity index (χ1n) is 8.18. The van der Waals surface area contributed by atoms with Crippen LogP contribution in [0.2, 0.25) is 0 Å². The Morgan fingerprint density at radius 1 is 1.36 bits per heavy atom. The minimum atomic E-state index is -0.448. The van der Waals surface area contributed by atoms with E-state index in [4.69, 9.17) is 15.2 Å². The summed E-state index contributed by atoms with van der Waals surface area (Å²) >= 11 is 0. The van der Waals surface area contributed by atoms with Crippen LogP contribution in [0, 0.1) is 11.8 Å². The Balaban J connectivity index is 1.69. The molecule has 2 N–H and O–H groups in total. The van der Waals surface area contributed by atoms with Gasteiger partial charge in [-0.05, 0) is 44.9 Å². The molecule has 3 heterocycles. The first-order chi connectivity index (χ1) is 10.6. The number of carbonyl (C=O) groups excluding carboxylic acids is 1. The maximum Gasteiger partial charge on any atom is 0.227 e. The van der Waals surface area contributed by atoms with E-state index in [1.54, 1.807) is 0 Å². The summed E-state index contributed by atoms with van der Waals surface area (Å²) in [7, 11) is 0. The van der Waals surface area contributed by atoms with Crippen LogP contribution in [0.1, 0.15) is 45.4 Å². The zero-order chi connectivity index (χ0) is 15.4. The summed E-state index contributed by atoms with van der Waals surface area (Å²) in [5.41, 5.74) is 7.02. The van der Waals surface area contributed by atoms with Gasteiger partial charge in [0.15, 0.2) is 6.29 Å². The monoisotopic (exact) mass is 302 g/mol. The van der Waals surface area contributed by atoms with Crippen LogP contribution in [0.15, 0.2) is 11.6 Å². The van der Waals surface area contributed by atoms with Crippen LogP contribution in [0.4, 0.5) is 0 Å². The summed E-state index contributed by atoms with van der Waals surface area (Å²) in [5.74, 6) is 6.47. The molecule has 22 heavy (non-hydrogen) atoms. The van der Waals surface area contributed by atoms with Crippen LogP contribution >= 0.6 is 0 Å². The van der Waals surface area contributed by atoms with Gasteiger partial charge in [0.05, 0.1) is 5.54 Å². The van der Waals surface area contributed by atoms with Crippen molar-refractivity contribution in [2.24, 2.45) is 5.73 Å². The highest BCUT2D eigenvalue weighted by Crippen LogP contribution is 2.52. The smallest absolute Gasteiger partial charge is 0.227 e. The van der Waals surface area contributed by atoms with E-state index in [0.717, 1.165) is 44.2 Å². The van der Waals surface area contributed by atoms with E-state index in [2.05, 4.69) is 17.9 Å². The van der Waals surface area contributed by atoms with Gasteiger partial charge in [-0.3, -0.25) is 4.79 Å². The molecule has 0 aromatic heterocycles. The third-order valence-electron chi connectivity index (χ3n) is 5.61. The van der Waals surface area contributed by atoms with Crippen molar-refractivity contribution in [1.82, 2.24) is 4.90 Å². The second-order valence-electron chi connectivity index (χ2n) is 6.78. The Kier molecular flexibility index (Phi) is 3.12. The zero-order valence-corrected chi connectivity index (χ0v) is 12.9. The predicted molar refractivity (Wildman–Crippen MR) is 80.3 cm³/mol. The number of amides is 1. The van der Waals surface area contributed by atoms with Crippen molar-refractivity contribution >= 4 is 5.91 Å². The van der Waals surface area contributed by atoms with Crippen LogP contribution in [-0.2, 0) is 14.3 Å². The van der Waals surface area contributed by atoms with Crippen molar-refractivity contribution in [3.05, 3.63) is 11.6 Å². The van der Waals surface area contributed by atoms with Gasteiger partial charge in [-0.25, -0.2) is 0 Å². The average molecular weight is 302 g/mol. The number of hydrogen-bond acceptors (Lipinski definition) is 4. The lowest BCUT2D eigenvalue weighted by Crippen LogP contribution is -2.64. The number of nitrogens with two attached hydrogens (primary N) is 1. The molecule has 2 unspecified atom stereocenters. The molecule has 0 aromatic rings. The Bertz CT molecular complexity index is 599. The summed E-state index contributed by atoms with van der Waals surface area (Å²) < 4.78 is 10.8. The van der Waals surface area contributed by atoms with E-state index in [0.29, 0.717) is 6.42 Å². The van der Waals surface area contributed by atoms with Crippen LogP contribution in [0.25, 0.3) is 0 Å². The van der Waals surface area contributed by atoms with Gasteiger partial charge in [-0.1, -0.05) is 12.0 Å². The van der Waals surface area contributed by atoms with Crippen LogP contribution in [-0.4, -0.2) is 41.0 Å². The van der Waals surface area contributed by atoms with Crippen molar-refractivity contribution in [3.8, 4) is 11.8 Å². The summed E-state index contributed by atoms with van der Waals surface area (Å²) in [6, 6.07) is 0. The van der Waals surface area contributed by atoms with Crippen LogP contribution in [0.3, 0.4) is 0 Å². The van der Waals surface area contributed by atoms with Crippen molar-refractivity contribution in [3.63, 3.8) is 0 Å². The van der Waals surface area contributed by atoms with E-state index in [-0.39, 0.29) is 17.7 Å². The molecule has 3 aliphatic heterocycles. The molecule has 3 fully saturated rings. The lowest BCUT2D eigenvalue weighted by atomic mass is 9.72. The summed E-state index contributed by atoms with van der Waals surface area (Å²) in [6.45, 7) is 2.64. The standard InChI is InChI=1S/C17H22N2O3/c1-12-21-15(22-12)5-4-13-6-9-16(18)8-2-3-11-19-14(20)7-10-17(13,16)19/h6,12,15H,2-3,7-11,18H2,1H3. The van der Waals surface area contributed by atoms with E-state index >= 15 is 0 Å². The maximum absolute atomic E-state index is 12.4. The Hall–Kier alpha value is -1.35. The van der Waals surface area contributed by atoms with Gasteiger partial charge in [0, 0.05) is 24.1 Å². The fourth-order valence-electron chi connectivity index (χ4n) is 4.51. The molecule has 2 atom stereocenters. The summed E-state index contributed by atoms with van der Waals surface area (Å²) in [4.78, 5) is 14.4. The van der Waals surface area contributed by atoms with E-state index in [1.807, 2.05) is 11.8 Å². The third kappa shape index (κ3) is 1.81. The quantitative estimate of drug-likeness (QED) is 0.685. The lowest BCUT2D eigenvalue weighted by molar-refractivity contribution is -0.350. The van der Waals surface area contributed by atoms with Crippen LogP contribution < -0.4 is 5.73 Å². The normalized spacial score (nSPS) is 43.5. The molecule has 1 amide bonds. The molecule has 0 bridgehead atoms.